The number of likely N-dealkylation sites (tertiary alicyclic amines) is 1. The van der Waals surface area contributed by atoms with Gasteiger partial charge >= 0.3 is 18.3 Å². The summed E-state index contributed by atoms with van der Waals surface area (Å²) >= 11 is 6.54. The van der Waals surface area contributed by atoms with Crippen molar-refractivity contribution in [2.75, 3.05) is 6.38 Å². The normalized spacial score (nSPS) is 20.7. The summed E-state index contributed by atoms with van der Waals surface area (Å²) in [5.41, 5.74) is 15.9. The molecular weight excluding hydrogens is 1780 g/mol. The topological polar surface area (TPSA) is 312 Å². The number of piperidine rings is 2. The summed E-state index contributed by atoms with van der Waals surface area (Å²) in [7, 11) is -0.171. The zero-order chi connectivity index (χ0) is 90.3. The van der Waals surface area contributed by atoms with Gasteiger partial charge in [0.15, 0.2) is 0 Å². The molecule has 5 heterocycles. The zero-order valence-corrected chi connectivity index (χ0v) is 78.9. The number of alkyl halides is 1. The molecule has 0 aromatic heterocycles. The van der Waals surface area contributed by atoms with Crippen LogP contribution in [0.4, 0.5) is 14.4 Å². The van der Waals surface area contributed by atoms with Crippen molar-refractivity contribution < 1.29 is 68.3 Å². The summed E-state index contributed by atoms with van der Waals surface area (Å²) in [5.74, 6) is 0. The molecule has 3 amide bonds. The van der Waals surface area contributed by atoms with E-state index in [9.17, 15) is 54.8 Å². The Labute approximate surface area is 779 Å². The Kier molecular flexibility index (Phi) is 51.5. The molecule has 2 saturated heterocycles. The molecule has 1 radical (unpaired) electrons. The van der Waals surface area contributed by atoms with Crippen LogP contribution in [0.1, 0.15) is 222 Å². The van der Waals surface area contributed by atoms with Crippen molar-refractivity contribution >= 4 is 67.0 Å². The molecule has 0 spiro atoms. The van der Waals surface area contributed by atoms with Gasteiger partial charge < -0.3 is 47.9 Å². The number of nitrogens with one attached hydrogen (secondary N) is 1. The third-order valence-corrected chi connectivity index (χ3v) is 26.4. The second-order valence-corrected chi connectivity index (χ2v) is 34.6. The standard InChI is InChI=1S/C21H24N2O4.2C21H22N2O4.C13H16N2O2.C13H20N2.C6H16Si.CH3Cl.CH2I.CH4.V.H2/c3*1-2-18-13-14-19(23(25)26)20(17-11-7-4-8-12-17)22(18)21(24)27-15-16-9-5-3-6-10-16;1-2-11-8-9-12(15(16)17)13(14-11)10-6-4-3-5-7-10;1-2-11-8-9-12(14)13(15-11)10-6-4-3-5-7-10;1-4-7(5-2)6-3;2*1-2;;;/h3-12,18-20H,2,13-15H2,1H3;2*3-13,19-20H,2,14-15H2,1H3;3-7,12-13H,2,8-9H2,1H3;3-7,11-13,15H,2,8-9,14H2,1H3;7H,4-6H2,1-3H3;1H3;1H2;1H4;;1H/q;;;;;;;-1;;;/t18-,19-,20-;19?,20-;19-,20-;12?,13-;11-,12-,13-;;;;;;/m00000....../s1. The fourth-order valence-corrected chi connectivity index (χ4v) is 17.8. The van der Waals surface area contributed by atoms with Gasteiger partial charge in [-0.25, -0.2) is 14.4 Å². The molecule has 5 aliphatic rings. The predicted octanol–water partition coefficient (Wildman–Crippen LogP) is 24.5. The number of aliphatic imine (C=N–C) groups is 1. The van der Waals surface area contributed by atoms with Gasteiger partial charge in [-0.2, -0.15) is 0 Å². The molecule has 681 valence electrons. The van der Waals surface area contributed by atoms with E-state index in [1.54, 1.807) is 17.1 Å². The van der Waals surface area contributed by atoms with Gasteiger partial charge in [0.05, 0.1) is 0 Å². The molecule has 0 bridgehead atoms. The minimum Gasteiger partial charge on any atom is -0.445 e. The maximum atomic E-state index is 13.0. The molecule has 13 rings (SSSR count). The first-order chi connectivity index (χ1) is 60.2. The number of ether oxygens (including phenoxy) is 3. The molecule has 8 aromatic carbocycles. The van der Waals surface area contributed by atoms with Crippen LogP contribution in [0.2, 0.25) is 18.1 Å². The van der Waals surface area contributed by atoms with Crippen molar-refractivity contribution in [2.45, 2.75) is 257 Å². The van der Waals surface area contributed by atoms with Crippen LogP contribution in [0.5, 0.6) is 0 Å². The van der Waals surface area contributed by atoms with Gasteiger partial charge in [-0.05, 0) is 102 Å². The Morgan fingerprint density at radius 3 is 1.13 bits per heavy atom. The SMILES string of the molecule is C.CCC1=CCC([N+](=O)[O-])[C@H](c2ccccc2)N1C(=O)OCc1ccccc1.CCC1=CC[C@H]([N+](=O)[O-])[C@H](c2ccccc2)N1C(=O)OCc1ccccc1.CCC1=N[C@@H](c2ccccc2)C([N+](=O)[O-])CC1.CC[C@H]1CC[C@H](N)[C@H](c2ccccc2)N1.CC[C@H]1CC[C@H]([N+](=O)[O-])[C@H](c2ccccc2)N1C(=O)OCc1ccccc1.CC[SiH](CC)CC.CCl.[CH2-]I.[HH].[V]. The van der Waals surface area contributed by atoms with E-state index in [4.69, 9.17) is 19.9 Å². The predicted molar refractivity (Wildman–Crippen MR) is 514 cm³/mol. The molecule has 0 saturated carbocycles. The van der Waals surface area contributed by atoms with Crippen LogP contribution in [-0.2, 0) is 52.6 Å². The van der Waals surface area contributed by atoms with Gasteiger partial charge in [0.1, 0.15) is 44.0 Å². The number of nitro groups is 4. The van der Waals surface area contributed by atoms with Crippen molar-refractivity contribution in [3.63, 3.8) is 0 Å². The van der Waals surface area contributed by atoms with Gasteiger partial charge in [-0.3, -0.25) is 65.1 Å². The number of nitrogens with zero attached hydrogens (tertiary/aromatic N) is 8. The summed E-state index contributed by atoms with van der Waals surface area (Å²) in [4.78, 5) is 96.2. The molecule has 8 aromatic rings. The Bertz CT molecular complexity index is 4410. The fraction of sp³-hybridized carbons (Fsp3) is 0.418. The minimum absolute atomic E-state index is 0. The van der Waals surface area contributed by atoms with Crippen molar-refractivity contribution in [1.82, 2.24) is 20.0 Å². The minimum atomic E-state index is -0.910. The van der Waals surface area contributed by atoms with Crippen molar-refractivity contribution in [3.8, 4) is 0 Å². The number of carbonyl (C=O) groups is 3. The van der Waals surface area contributed by atoms with Crippen molar-refractivity contribution in [2.24, 2.45) is 10.7 Å². The number of benzene rings is 8. The van der Waals surface area contributed by atoms with E-state index in [0.29, 0.717) is 44.2 Å². The van der Waals surface area contributed by atoms with Crippen LogP contribution >= 0.6 is 34.2 Å². The van der Waals surface area contributed by atoms with Gasteiger partial charge in [-0.1, -0.05) is 336 Å². The Morgan fingerprint density at radius 2 is 0.802 bits per heavy atom. The van der Waals surface area contributed by atoms with Crippen LogP contribution in [0, 0.1) is 45.4 Å². The smallest absolute Gasteiger partial charge is 0.415 e. The van der Waals surface area contributed by atoms with Crippen molar-refractivity contribution in [3.05, 3.63) is 356 Å². The van der Waals surface area contributed by atoms with Crippen LogP contribution in [-0.4, -0.2) is 116 Å². The number of allylic oxidation sites excluding steroid dienone is 2. The molecule has 0 aliphatic carbocycles. The van der Waals surface area contributed by atoms with Gasteiger partial charge in [0, 0.05) is 122 Å². The van der Waals surface area contributed by atoms with Crippen molar-refractivity contribution in [1.29, 1.82) is 0 Å². The average Bonchev–Trinajstić information content (AvgIpc) is 0.787. The van der Waals surface area contributed by atoms with Gasteiger partial charge in [-0.15, -0.1) is 11.6 Å². The Morgan fingerprint density at radius 1 is 0.460 bits per heavy atom. The first-order valence-corrected chi connectivity index (χ1v) is 47.8. The average molecular weight is 1910 g/mol. The molecule has 2 fully saturated rings. The number of nitrogens with two attached hydrogens (primary N) is 1. The molecule has 28 heteroatoms. The largest absolute Gasteiger partial charge is 0.445 e. The second kappa shape index (κ2) is 59.9. The maximum Gasteiger partial charge on any atom is 0.415 e. The zero-order valence-electron chi connectivity index (χ0n) is 73.5. The first-order valence-electron chi connectivity index (χ1n) is 43.1. The monoisotopic (exact) mass is 1910 g/mol. The summed E-state index contributed by atoms with van der Waals surface area (Å²) in [5, 5.41) is 49.8. The summed E-state index contributed by atoms with van der Waals surface area (Å²) in [6.45, 7) is 17.5. The second-order valence-electron chi connectivity index (χ2n) is 30.4. The number of hydrogen-bond donors (Lipinski definition) is 2. The third kappa shape index (κ3) is 33.0. The van der Waals surface area contributed by atoms with Gasteiger partial charge in [0.25, 0.3) is 0 Å². The Hall–Kier alpha value is -9.94. The number of rotatable bonds is 23. The summed E-state index contributed by atoms with van der Waals surface area (Å²) < 4.78 is 16.5. The van der Waals surface area contributed by atoms with E-state index in [2.05, 4.69) is 84.9 Å². The quantitative estimate of drug-likeness (QED) is 0.0114. The molecular formula is C98H131ClIN10O14SiV-. The van der Waals surface area contributed by atoms with Crippen LogP contribution < -0.4 is 11.1 Å². The number of halogens is 2. The molecule has 126 heavy (non-hydrogen) atoms. The van der Waals surface area contributed by atoms with E-state index in [1.807, 2.05) is 263 Å². The number of carbonyl (C=O) groups excluding carboxylic acids is 3. The van der Waals surface area contributed by atoms with E-state index in [0.717, 1.165) is 81.7 Å². The number of hydrogen-bond acceptors (Lipinski definition) is 17. The number of amides is 3. The van der Waals surface area contributed by atoms with E-state index >= 15 is 0 Å². The molecule has 3 N–H and O–H groups in total. The van der Waals surface area contributed by atoms with Crippen LogP contribution in [0.25, 0.3) is 0 Å². The van der Waals surface area contributed by atoms with E-state index in [1.165, 1.54) is 52.7 Å². The Balaban J connectivity index is 0.000000401. The molecule has 12 atom stereocenters. The van der Waals surface area contributed by atoms with E-state index in [-0.39, 0.29) is 107 Å². The molecule has 24 nitrogen and oxygen atoms in total. The summed E-state index contributed by atoms with van der Waals surface area (Å²) in [6.07, 6.45) is 12.7. The van der Waals surface area contributed by atoms with Crippen LogP contribution in [0.15, 0.2) is 271 Å². The van der Waals surface area contributed by atoms with E-state index < -0.39 is 60.6 Å². The molecule has 2 unspecified atom stereocenters. The first kappa shape index (κ1) is 108. The molecule has 5 aliphatic heterocycles. The van der Waals surface area contributed by atoms with Gasteiger partial charge in [0.2, 0.25) is 24.2 Å². The summed E-state index contributed by atoms with van der Waals surface area (Å²) in [6, 6.07) is 75.9. The third-order valence-electron chi connectivity index (χ3n) is 22.9. The van der Waals surface area contributed by atoms with Crippen LogP contribution in [0.3, 0.4) is 0 Å². The fourth-order valence-electron chi connectivity index (χ4n) is 16.0. The maximum absolute atomic E-state index is 13.0.